The van der Waals surface area contributed by atoms with Gasteiger partial charge in [0, 0.05) is 17.4 Å². The van der Waals surface area contributed by atoms with Crippen molar-refractivity contribution in [3.05, 3.63) is 46.1 Å². The first-order chi connectivity index (χ1) is 11.5. The summed E-state index contributed by atoms with van der Waals surface area (Å²) in [6, 6.07) is 4.92. The largest absolute Gasteiger partial charge is 0.493 e. The zero-order valence-electron chi connectivity index (χ0n) is 13.3. The van der Waals surface area contributed by atoms with E-state index in [9.17, 15) is 9.59 Å². The van der Waals surface area contributed by atoms with Gasteiger partial charge in [-0.1, -0.05) is 5.21 Å². The number of carbonyl (C=O) groups excluding carboxylic acids is 1. The summed E-state index contributed by atoms with van der Waals surface area (Å²) < 4.78 is 11.6. The van der Waals surface area contributed by atoms with Crippen molar-refractivity contribution in [2.45, 2.75) is 6.92 Å². The Morgan fingerprint density at radius 2 is 2.00 bits per heavy atom. The molecule has 0 radical (unpaired) electrons. The van der Waals surface area contributed by atoms with Crippen LogP contribution in [0.3, 0.4) is 0 Å². The third kappa shape index (κ3) is 2.67. The number of anilines is 1. The van der Waals surface area contributed by atoms with Crippen LogP contribution >= 0.6 is 0 Å². The molecule has 0 saturated carbocycles. The molecule has 9 heteroatoms. The number of hydrogen-bond acceptors (Lipinski definition) is 6. The third-order valence-corrected chi connectivity index (χ3v) is 3.39. The lowest BCUT2D eigenvalue weighted by Crippen LogP contribution is -2.18. The highest BCUT2D eigenvalue weighted by Gasteiger charge is 2.18. The van der Waals surface area contributed by atoms with Crippen molar-refractivity contribution in [3.63, 3.8) is 0 Å². The fraction of sp³-hybridized carbons (Fsp3) is 0.200. The predicted octanol–water partition coefficient (Wildman–Crippen LogP) is 0.996. The van der Waals surface area contributed by atoms with Gasteiger partial charge in [0.1, 0.15) is 0 Å². The van der Waals surface area contributed by atoms with Gasteiger partial charge in [-0.25, -0.2) is 4.52 Å². The monoisotopic (exact) mass is 329 g/mol. The van der Waals surface area contributed by atoms with E-state index in [1.54, 1.807) is 31.3 Å². The number of methoxy groups -OCH3 is 2. The van der Waals surface area contributed by atoms with Gasteiger partial charge in [-0.2, -0.15) is 0 Å². The fourth-order valence-electron chi connectivity index (χ4n) is 2.31. The standard InChI is InChI=1S/C15H15N5O4/c1-8-7-20-13(15(22)16-8)12(18-19-20)14(21)17-9-4-5-10(23-2)11(6-9)24-3/h4-7H,1-3H3,(H,16,22)(H,17,21). The number of hydrogen-bond donors (Lipinski definition) is 2. The van der Waals surface area contributed by atoms with E-state index in [0.717, 1.165) is 0 Å². The zero-order valence-corrected chi connectivity index (χ0v) is 13.3. The van der Waals surface area contributed by atoms with E-state index in [-0.39, 0.29) is 11.2 Å². The van der Waals surface area contributed by atoms with Crippen molar-refractivity contribution < 1.29 is 14.3 Å². The molecule has 1 aromatic carbocycles. The Hall–Kier alpha value is -3.36. The van der Waals surface area contributed by atoms with Crippen molar-refractivity contribution in [2.75, 3.05) is 19.5 Å². The highest BCUT2D eigenvalue weighted by Crippen LogP contribution is 2.29. The normalized spacial score (nSPS) is 10.6. The van der Waals surface area contributed by atoms with Crippen molar-refractivity contribution in [2.24, 2.45) is 0 Å². The lowest BCUT2D eigenvalue weighted by molar-refractivity contribution is 0.102. The Balaban J connectivity index is 1.95. The minimum absolute atomic E-state index is 0.0639. The Kier molecular flexibility index (Phi) is 3.90. The highest BCUT2D eigenvalue weighted by atomic mass is 16.5. The summed E-state index contributed by atoms with van der Waals surface area (Å²) in [5, 5.41) is 10.3. The van der Waals surface area contributed by atoms with Gasteiger partial charge in [-0.05, 0) is 19.1 Å². The average Bonchev–Trinajstić information content (AvgIpc) is 2.98. The molecule has 0 aliphatic heterocycles. The zero-order chi connectivity index (χ0) is 17.3. The molecule has 2 N–H and O–H groups in total. The molecule has 0 bridgehead atoms. The Morgan fingerprint density at radius 3 is 2.71 bits per heavy atom. The Morgan fingerprint density at radius 1 is 1.25 bits per heavy atom. The van der Waals surface area contributed by atoms with E-state index < -0.39 is 11.5 Å². The molecule has 9 nitrogen and oxygen atoms in total. The molecule has 0 aliphatic carbocycles. The van der Waals surface area contributed by atoms with Crippen LogP contribution in [0.4, 0.5) is 5.69 Å². The third-order valence-electron chi connectivity index (χ3n) is 3.39. The van der Waals surface area contributed by atoms with Gasteiger partial charge >= 0.3 is 0 Å². The number of rotatable bonds is 4. The number of nitrogens with one attached hydrogen (secondary N) is 2. The van der Waals surface area contributed by atoms with Crippen LogP contribution in [-0.4, -0.2) is 39.9 Å². The molecule has 0 saturated heterocycles. The summed E-state index contributed by atoms with van der Waals surface area (Å²) in [5.41, 5.74) is 0.675. The number of ether oxygens (including phenoxy) is 2. The number of fused-ring (bicyclic) bond motifs is 1. The number of nitrogens with zero attached hydrogens (tertiary/aromatic N) is 3. The van der Waals surface area contributed by atoms with Crippen molar-refractivity contribution in [1.29, 1.82) is 0 Å². The van der Waals surface area contributed by atoms with Crippen LogP contribution in [-0.2, 0) is 0 Å². The lowest BCUT2D eigenvalue weighted by Gasteiger charge is -2.10. The van der Waals surface area contributed by atoms with E-state index in [1.165, 1.54) is 18.7 Å². The molecule has 0 atom stereocenters. The van der Waals surface area contributed by atoms with Crippen LogP contribution in [0, 0.1) is 6.92 Å². The Labute approximate surface area is 136 Å². The smallest absolute Gasteiger partial charge is 0.278 e. The van der Waals surface area contributed by atoms with Crippen molar-refractivity contribution in [3.8, 4) is 11.5 Å². The first-order valence-corrected chi connectivity index (χ1v) is 7.02. The van der Waals surface area contributed by atoms with E-state index >= 15 is 0 Å². The van der Waals surface area contributed by atoms with E-state index in [0.29, 0.717) is 22.9 Å². The maximum absolute atomic E-state index is 12.4. The summed E-state index contributed by atoms with van der Waals surface area (Å²) >= 11 is 0. The second kappa shape index (κ2) is 6.03. The molecular formula is C15H15N5O4. The highest BCUT2D eigenvalue weighted by molar-refractivity contribution is 6.07. The first-order valence-electron chi connectivity index (χ1n) is 7.02. The molecule has 2 heterocycles. The molecule has 124 valence electrons. The second-order valence-electron chi connectivity index (χ2n) is 5.02. The maximum atomic E-state index is 12.4. The second-order valence-corrected chi connectivity index (χ2v) is 5.02. The van der Waals surface area contributed by atoms with E-state index in [4.69, 9.17) is 9.47 Å². The summed E-state index contributed by atoms with van der Waals surface area (Å²) in [4.78, 5) is 27.1. The quantitative estimate of drug-likeness (QED) is 0.738. The Bertz CT molecular complexity index is 976. The van der Waals surface area contributed by atoms with Gasteiger partial charge in [-0.15, -0.1) is 5.10 Å². The summed E-state index contributed by atoms with van der Waals surface area (Å²) in [7, 11) is 3.02. The van der Waals surface area contributed by atoms with Gasteiger partial charge in [-0.3, -0.25) is 9.59 Å². The van der Waals surface area contributed by atoms with E-state index in [1.807, 2.05) is 0 Å². The molecule has 0 spiro atoms. The number of aromatic amines is 1. The van der Waals surface area contributed by atoms with Gasteiger partial charge in [0.05, 0.1) is 20.4 Å². The maximum Gasteiger partial charge on any atom is 0.278 e. The van der Waals surface area contributed by atoms with Crippen LogP contribution in [0.15, 0.2) is 29.2 Å². The topological polar surface area (TPSA) is 111 Å². The number of benzene rings is 1. The molecule has 0 aliphatic rings. The summed E-state index contributed by atoms with van der Waals surface area (Å²) in [6.45, 7) is 1.71. The predicted molar refractivity (Wildman–Crippen MR) is 85.8 cm³/mol. The van der Waals surface area contributed by atoms with Gasteiger partial charge < -0.3 is 19.8 Å². The van der Waals surface area contributed by atoms with Crippen LogP contribution in [0.25, 0.3) is 5.52 Å². The van der Waals surface area contributed by atoms with E-state index in [2.05, 4.69) is 20.6 Å². The number of aromatic nitrogens is 4. The molecule has 3 rings (SSSR count). The number of H-pyrrole nitrogens is 1. The average molecular weight is 329 g/mol. The number of aryl methyl sites for hydroxylation is 1. The van der Waals surface area contributed by atoms with Crippen molar-refractivity contribution in [1.82, 2.24) is 19.8 Å². The molecule has 0 fully saturated rings. The van der Waals surface area contributed by atoms with Crippen LogP contribution < -0.4 is 20.3 Å². The molecule has 24 heavy (non-hydrogen) atoms. The summed E-state index contributed by atoms with van der Waals surface area (Å²) in [5.74, 6) is 0.458. The summed E-state index contributed by atoms with van der Waals surface area (Å²) in [6.07, 6.45) is 1.58. The van der Waals surface area contributed by atoms with Crippen LogP contribution in [0.1, 0.15) is 16.2 Å². The minimum Gasteiger partial charge on any atom is -0.493 e. The van der Waals surface area contributed by atoms with Gasteiger partial charge in [0.25, 0.3) is 11.5 Å². The molecule has 0 unspecified atom stereocenters. The van der Waals surface area contributed by atoms with Gasteiger partial charge in [0.2, 0.25) is 0 Å². The molecule has 1 amide bonds. The SMILES string of the molecule is COc1ccc(NC(=O)c2nnn3cc(C)[nH]c(=O)c23)cc1OC. The first kappa shape index (κ1) is 15.5. The number of amides is 1. The fourth-order valence-corrected chi connectivity index (χ4v) is 2.31. The van der Waals surface area contributed by atoms with Crippen LogP contribution in [0.5, 0.6) is 11.5 Å². The van der Waals surface area contributed by atoms with Crippen molar-refractivity contribution >= 4 is 17.1 Å². The molecule has 2 aromatic heterocycles. The lowest BCUT2D eigenvalue weighted by atomic mass is 10.2. The molecular weight excluding hydrogens is 314 g/mol. The molecule has 3 aromatic rings. The minimum atomic E-state index is -0.549. The number of carbonyl (C=O) groups is 1. The van der Waals surface area contributed by atoms with Crippen LogP contribution in [0.2, 0.25) is 0 Å². The van der Waals surface area contributed by atoms with Gasteiger partial charge in [0.15, 0.2) is 22.7 Å².